The van der Waals surface area contributed by atoms with Crippen molar-refractivity contribution < 1.29 is 9.47 Å². The Morgan fingerprint density at radius 3 is 1.44 bits per heavy atom. The SMILES string of the molecule is Cc1cc(N2COc3ccccc3C2)ccc1-c1ccc(N2COc3ccccc3C2)cc1C. The molecule has 2 heterocycles. The quantitative estimate of drug-likeness (QED) is 0.349. The summed E-state index contributed by atoms with van der Waals surface area (Å²) in [5, 5.41) is 0. The molecule has 0 bridgehead atoms. The number of hydrogen-bond acceptors (Lipinski definition) is 4. The number of anilines is 2. The summed E-state index contributed by atoms with van der Waals surface area (Å²) in [5.41, 5.74) is 9.91. The fourth-order valence-electron chi connectivity index (χ4n) is 4.97. The maximum Gasteiger partial charge on any atom is 0.161 e. The molecule has 0 saturated heterocycles. The van der Waals surface area contributed by atoms with Crippen LogP contribution in [-0.2, 0) is 13.1 Å². The van der Waals surface area contributed by atoms with Gasteiger partial charge in [-0.15, -0.1) is 0 Å². The molecule has 4 heteroatoms. The van der Waals surface area contributed by atoms with Crippen LogP contribution in [0.1, 0.15) is 22.3 Å². The number of ether oxygens (including phenoxy) is 2. The van der Waals surface area contributed by atoms with Gasteiger partial charge in [0.25, 0.3) is 0 Å². The second-order valence-electron chi connectivity index (χ2n) is 9.16. The van der Waals surface area contributed by atoms with Crippen LogP contribution in [0.2, 0.25) is 0 Å². The van der Waals surface area contributed by atoms with Gasteiger partial charge in [-0.25, -0.2) is 0 Å². The molecule has 0 spiro atoms. The Labute approximate surface area is 201 Å². The number of aryl methyl sites for hydroxylation is 2. The number of fused-ring (bicyclic) bond motifs is 2. The fourth-order valence-corrected chi connectivity index (χ4v) is 4.97. The lowest BCUT2D eigenvalue weighted by molar-refractivity contribution is 0.289. The highest BCUT2D eigenvalue weighted by molar-refractivity contribution is 5.75. The zero-order chi connectivity index (χ0) is 23.1. The summed E-state index contributed by atoms with van der Waals surface area (Å²) >= 11 is 0. The van der Waals surface area contributed by atoms with Crippen LogP contribution >= 0.6 is 0 Å². The lowest BCUT2D eigenvalue weighted by Crippen LogP contribution is -2.31. The summed E-state index contributed by atoms with van der Waals surface area (Å²) < 4.78 is 11.9. The maximum absolute atomic E-state index is 5.97. The van der Waals surface area contributed by atoms with Crippen LogP contribution in [0.5, 0.6) is 11.5 Å². The minimum absolute atomic E-state index is 0.574. The summed E-state index contributed by atoms with van der Waals surface area (Å²) in [5.74, 6) is 1.98. The van der Waals surface area contributed by atoms with Crippen molar-refractivity contribution in [3.05, 3.63) is 107 Å². The molecule has 2 aliphatic heterocycles. The van der Waals surface area contributed by atoms with Gasteiger partial charge < -0.3 is 19.3 Å². The molecule has 170 valence electrons. The van der Waals surface area contributed by atoms with Gasteiger partial charge in [0.05, 0.1) is 0 Å². The van der Waals surface area contributed by atoms with Gasteiger partial charge in [-0.3, -0.25) is 0 Å². The summed E-state index contributed by atoms with van der Waals surface area (Å²) in [6.07, 6.45) is 0. The number of hydrogen-bond donors (Lipinski definition) is 0. The van der Waals surface area contributed by atoms with E-state index < -0.39 is 0 Å². The molecule has 6 rings (SSSR count). The molecule has 0 fully saturated rings. The van der Waals surface area contributed by atoms with Crippen LogP contribution in [0.25, 0.3) is 11.1 Å². The Balaban J connectivity index is 1.23. The maximum atomic E-state index is 5.97. The van der Waals surface area contributed by atoms with Crippen LogP contribution in [-0.4, -0.2) is 13.5 Å². The van der Waals surface area contributed by atoms with E-state index in [9.17, 15) is 0 Å². The van der Waals surface area contributed by atoms with Crippen molar-refractivity contribution in [2.45, 2.75) is 26.9 Å². The van der Waals surface area contributed by atoms with Crippen molar-refractivity contribution in [1.29, 1.82) is 0 Å². The lowest BCUT2D eigenvalue weighted by atomic mass is 9.95. The topological polar surface area (TPSA) is 24.9 Å². The molecule has 0 unspecified atom stereocenters. The Kier molecular flexibility index (Phi) is 5.14. The van der Waals surface area contributed by atoms with Gasteiger partial charge in [0.1, 0.15) is 11.5 Å². The molecule has 0 saturated carbocycles. The Morgan fingerprint density at radius 2 is 1.00 bits per heavy atom. The fraction of sp³-hybridized carbons (Fsp3) is 0.200. The van der Waals surface area contributed by atoms with Crippen molar-refractivity contribution in [1.82, 2.24) is 0 Å². The van der Waals surface area contributed by atoms with Crippen LogP contribution in [0.4, 0.5) is 11.4 Å². The second-order valence-corrected chi connectivity index (χ2v) is 9.16. The standard InChI is InChI=1S/C30H28N2O2/c1-21-15-25(31-17-23-7-3-5-9-29(23)33-19-31)11-13-27(21)28-14-12-26(16-22(28)2)32-18-24-8-4-6-10-30(24)34-20-32/h3-16H,17-20H2,1-2H3. The minimum atomic E-state index is 0.574. The van der Waals surface area contributed by atoms with Gasteiger partial charge in [-0.2, -0.15) is 0 Å². The van der Waals surface area contributed by atoms with Crippen molar-refractivity contribution in [3.63, 3.8) is 0 Å². The van der Waals surface area contributed by atoms with Crippen LogP contribution < -0.4 is 19.3 Å². The number of rotatable bonds is 3. The first-order valence-electron chi connectivity index (χ1n) is 11.8. The molecular weight excluding hydrogens is 420 g/mol. The van der Waals surface area contributed by atoms with E-state index in [0.29, 0.717) is 13.5 Å². The lowest BCUT2D eigenvalue weighted by Gasteiger charge is -2.31. The highest BCUT2D eigenvalue weighted by atomic mass is 16.5. The van der Waals surface area contributed by atoms with Crippen LogP contribution in [0, 0.1) is 13.8 Å². The predicted octanol–water partition coefficient (Wildman–Crippen LogP) is 6.68. The predicted molar refractivity (Wildman–Crippen MR) is 138 cm³/mol. The highest BCUT2D eigenvalue weighted by Crippen LogP contribution is 2.35. The smallest absolute Gasteiger partial charge is 0.161 e. The summed E-state index contributed by atoms with van der Waals surface area (Å²) in [6.45, 7) is 7.27. The highest BCUT2D eigenvalue weighted by Gasteiger charge is 2.20. The van der Waals surface area contributed by atoms with E-state index in [-0.39, 0.29) is 0 Å². The van der Waals surface area contributed by atoms with Gasteiger partial charge in [-0.1, -0.05) is 48.5 Å². The Hall–Kier alpha value is -3.92. The molecule has 0 atom stereocenters. The third kappa shape index (κ3) is 3.75. The van der Waals surface area contributed by atoms with E-state index in [1.165, 1.54) is 44.8 Å². The molecule has 0 amide bonds. The van der Waals surface area contributed by atoms with Crippen molar-refractivity contribution in [3.8, 4) is 22.6 Å². The summed E-state index contributed by atoms with van der Waals surface area (Å²) in [6, 6.07) is 30.0. The van der Waals surface area contributed by atoms with E-state index in [4.69, 9.17) is 9.47 Å². The summed E-state index contributed by atoms with van der Waals surface area (Å²) in [4.78, 5) is 4.56. The Morgan fingerprint density at radius 1 is 0.559 bits per heavy atom. The largest absolute Gasteiger partial charge is 0.473 e. The monoisotopic (exact) mass is 448 g/mol. The number of para-hydroxylation sites is 2. The molecule has 34 heavy (non-hydrogen) atoms. The van der Waals surface area contributed by atoms with Crippen molar-refractivity contribution in [2.24, 2.45) is 0 Å². The number of nitrogens with zero attached hydrogens (tertiary/aromatic N) is 2. The average molecular weight is 449 g/mol. The normalized spacial score (nSPS) is 14.6. The minimum Gasteiger partial charge on any atom is -0.473 e. The molecule has 4 aromatic carbocycles. The third-order valence-corrected chi connectivity index (χ3v) is 6.86. The first-order chi connectivity index (χ1) is 16.7. The third-order valence-electron chi connectivity index (χ3n) is 6.86. The number of benzene rings is 4. The van der Waals surface area contributed by atoms with E-state index in [0.717, 1.165) is 24.6 Å². The first-order valence-corrected chi connectivity index (χ1v) is 11.8. The molecule has 0 radical (unpaired) electrons. The molecular formula is C30H28N2O2. The van der Waals surface area contributed by atoms with E-state index in [2.05, 4.69) is 84.3 Å². The summed E-state index contributed by atoms with van der Waals surface area (Å²) in [7, 11) is 0. The molecule has 0 N–H and O–H groups in total. The van der Waals surface area contributed by atoms with Crippen molar-refractivity contribution in [2.75, 3.05) is 23.3 Å². The second kappa shape index (κ2) is 8.45. The van der Waals surface area contributed by atoms with Gasteiger partial charge >= 0.3 is 0 Å². The van der Waals surface area contributed by atoms with Crippen molar-refractivity contribution >= 4 is 11.4 Å². The molecule has 2 aliphatic rings. The molecule has 0 aliphatic carbocycles. The molecule has 0 aromatic heterocycles. The van der Waals surface area contributed by atoms with Gasteiger partial charge in [0, 0.05) is 35.6 Å². The average Bonchev–Trinajstić information content (AvgIpc) is 2.88. The zero-order valence-electron chi connectivity index (χ0n) is 19.6. The van der Waals surface area contributed by atoms with Gasteiger partial charge in [-0.05, 0) is 72.5 Å². The Bertz CT molecular complexity index is 1260. The molecule has 4 nitrogen and oxygen atoms in total. The van der Waals surface area contributed by atoms with Gasteiger partial charge in [0.2, 0.25) is 0 Å². The van der Waals surface area contributed by atoms with Gasteiger partial charge in [0.15, 0.2) is 13.5 Å². The first kappa shape index (κ1) is 20.7. The van der Waals surface area contributed by atoms with E-state index in [1.807, 2.05) is 24.3 Å². The molecule has 4 aromatic rings. The van der Waals surface area contributed by atoms with Crippen LogP contribution in [0.3, 0.4) is 0 Å². The zero-order valence-corrected chi connectivity index (χ0v) is 19.6. The van der Waals surface area contributed by atoms with E-state index in [1.54, 1.807) is 0 Å². The van der Waals surface area contributed by atoms with Crippen LogP contribution in [0.15, 0.2) is 84.9 Å². The van der Waals surface area contributed by atoms with E-state index >= 15 is 0 Å².